The van der Waals surface area contributed by atoms with Crippen LogP contribution >= 0.6 is 0 Å². The Labute approximate surface area is 227 Å². The topological polar surface area (TPSA) is 127 Å². The summed E-state index contributed by atoms with van der Waals surface area (Å²) in [5, 5.41) is 23.1. The molecule has 0 aromatic heterocycles. The average molecular weight is 532 g/mol. The van der Waals surface area contributed by atoms with Crippen molar-refractivity contribution in [2.45, 2.75) is 35.9 Å². The summed E-state index contributed by atoms with van der Waals surface area (Å²) in [5.41, 5.74) is 7.17. The van der Waals surface area contributed by atoms with E-state index in [1.807, 2.05) is 78.9 Å². The summed E-state index contributed by atoms with van der Waals surface area (Å²) in [7, 11) is 3.21. The maximum absolute atomic E-state index is 13.7. The molecule has 2 heterocycles. The number of methoxy groups -OCH3 is 2. The summed E-state index contributed by atoms with van der Waals surface area (Å²) in [6.45, 7) is -0.250. The van der Waals surface area contributed by atoms with Crippen molar-refractivity contribution in [2.75, 3.05) is 20.8 Å². The van der Waals surface area contributed by atoms with Crippen LogP contribution in [-0.4, -0.2) is 66.1 Å². The number of carbonyl (C=O) groups excluding carboxylic acids is 1. The van der Waals surface area contributed by atoms with Gasteiger partial charge in [0.25, 0.3) is 0 Å². The zero-order valence-corrected chi connectivity index (χ0v) is 21.9. The molecule has 9 nitrogen and oxygen atoms in total. The first kappa shape index (κ1) is 26.7. The summed E-state index contributed by atoms with van der Waals surface area (Å²) < 4.78 is 16.6. The fourth-order valence-electron chi connectivity index (χ4n) is 5.65. The zero-order chi connectivity index (χ0) is 27.6. The van der Waals surface area contributed by atoms with Crippen molar-refractivity contribution < 1.29 is 29.2 Å². The van der Waals surface area contributed by atoms with Crippen LogP contribution in [0, 0.1) is 0 Å². The fourth-order valence-corrected chi connectivity index (χ4v) is 5.65. The van der Waals surface area contributed by atoms with Gasteiger partial charge in [-0.15, -0.1) is 0 Å². The fraction of sp³-hybridized carbons (Fsp3) is 0.300. The monoisotopic (exact) mass is 531 g/mol. The molecule has 2 aliphatic rings. The lowest BCUT2D eigenvalue weighted by Crippen LogP contribution is -2.72. The molecular weight excluding hydrogens is 498 g/mol. The third-order valence-electron chi connectivity index (χ3n) is 7.56. The van der Waals surface area contributed by atoms with E-state index in [1.54, 1.807) is 26.5 Å². The van der Waals surface area contributed by atoms with Gasteiger partial charge in [-0.25, -0.2) is 4.79 Å². The second kappa shape index (κ2) is 10.7. The third-order valence-corrected chi connectivity index (χ3v) is 7.56. The number of nitrogens with one attached hydrogen (secondary N) is 1. The van der Waals surface area contributed by atoms with Crippen LogP contribution in [0.3, 0.4) is 0 Å². The highest BCUT2D eigenvalue weighted by Gasteiger charge is 2.55. The maximum atomic E-state index is 13.7. The first-order chi connectivity index (χ1) is 18.9. The lowest BCUT2D eigenvalue weighted by Gasteiger charge is -2.51. The Bertz CT molecular complexity index is 1270. The second-order valence-electron chi connectivity index (χ2n) is 9.73. The Morgan fingerprint density at radius 2 is 1.51 bits per heavy atom. The van der Waals surface area contributed by atoms with Gasteiger partial charge in [-0.1, -0.05) is 54.6 Å². The van der Waals surface area contributed by atoms with Crippen LogP contribution in [0.25, 0.3) is 0 Å². The minimum atomic E-state index is -1.47. The number of amides is 2. The summed E-state index contributed by atoms with van der Waals surface area (Å²) in [6, 6.07) is 24.4. The predicted molar refractivity (Wildman–Crippen MR) is 145 cm³/mol. The van der Waals surface area contributed by atoms with E-state index >= 15 is 0 Å². The molecule has 0 saturated carbocycles. The summed E-state index contributed by atoms with van der Waals surface area (Å²) in [4.78, 5) is 14.9. The first-order valence-corrected chi connectivity index (χ1v) is 12.7. The first-order valence-electron chi connectivity index (χ1n) is 12.7. The largest absolute Gasteiger partial charge is 0.497 e. The van der Waals surface area contributed by atoms with Crippen molar-refractivity contribution in [2.24, 2.45) is 5.73 Å². The number of hydrogen-bond donors (Lipinski definition) is 4. The van der Waals surface area contributed by atoms with Crippen molar-refractivity contribution >= 4 is 6.03 Å². The Balaban J connectivity index is 1.71. The molecule has 1 unspecified atom stereocenters. The molecule has 0 spiro atoms. The number of carbonyl (C=O) groups is 1. The number of nitrogens with two attached hydrogens (primary N) is 1. The van der Waals surface area contributed by atoms with Crippen LogP contribution in [0.1, 0.15) is 23.1 Å². The predicted octanol–water partition coefficient (Wildman–Crippen LogP) is 2.70. The Kier molecular flexibility index (Phi) is 7.33. The molecule has 204 valence electrons. The zero-order valence-electron chi connectivity index (χ0n) is 21.9. The van der Waals surface area contributed by atoms with E-state index in [0.29, 0.717) is 11.5 Å². The molecule has 5 rings (SSSR count). The van der Waals surface area contributed by atoms with Gasteiger partial charge >= 0.3 is 6.03 Å². The summed E-state index contributed by atoms with van der Waals surface area (Å²) >= 11 is 0. The molecule has 39 heavy (non-hydrogen) atoms. The number of rotatable bonds is 8. The normalized spacial score (nSPS) is 24.9. The molecular formula is C30H33N3O6. The highest BCUT2D eigenvalue weighted by molar-refractivity contribution is 5.80. The van der Waals surface area contributed by atoms with Crippen LogP contribution in [0.5, 0.6) is 11.5 Å². The minimum absolute atomic E-state index is 0.220. The van der Waals surface area contributed by atoms with Crippen molar-refractivity contribution in [3.63, 3.8) is 0 Å². The molecule has 3 aromatic rings. The van der Waals surface area contributed by atoms with E-state index in [-0.39, 0.29) is 13.0 Å². The molecule has 5 N–H and O–H groups in total. The van der Waals surface area contributed by atoms with E-state index in [4.69, 9.17) is 19.9 Å². The quantitative estimate of drug-likeness (QED) is 0.329. The molecule has 0 bridgehead atoms. The van der Waals surface area contributed by atoms with E-state index < -0.39 is 35.5 Å². The lowest BCUT2D eigenvalue weighted by atomic mass is 9.61. The van der Waals surface area contributed by atoms with Gasteiger partial charge in [-0.3, -0.25) is 4.90 Å². The van der Waals surface area contributed by atoms with E-state index in [2.05, 4.69) is 5.32 Å². The molecule has 9 heteroatoms. The summed E-state index contributed by atoms with van der Waals surface area (Å²) in [5.74, 6) is 1.36. The molecule has 0 aliphatic carbocycles. The van der Waals surface area contributed by atoms with Crippen molar-refractivity contribution in [1.82, 2.24) is 10.2 Å². The molecule has 1 saturated heterocycles. The number of nitrogens with zero attached hydrogens (tertiary/aromatic N) is 1. The highest BCUT2D eigenvalue weighted by atomic mass is 16.5. The van der Waals surface area contributed by atoms with E-state index in [9.17, 15) is 15.0 Å². The van der Waals surface area contributed by atoms with Gasteiger partial charge in [0.05, 0.1) is 32.3 Å². The Morgan fingerprint density at radius 1 is 0.974 bits per heavy atom. The van der Waals surface area contributed by atoms with Crippen LogP contribution in [0.2, 0.25) is 0 Å². The number of benzene rings is 3. The number of urea groups is 1. The van der Waals surface area contributed by atoms with Gasteiger partial charge in [0.15, 0.2) is 6.23 Å². The Hall–Kier alpha value is -3.89. The average Bonchev–Trinajstić information content (AvgIpc) is 3.35. The van der Waals surface area contributed by atoms with Gasteiger partial charge in [-0.2, -0.15) is 0 Å². The van der Waals surface area contributed by atoms with Gasteiger partial charge in [0.1, 0.15) is 23.3 Å². The standard InChI is InChI=1S/C30H33N3O6/c1-37-23-12-8-21(9-13-23)30(20-6-4-3-5-7-20,22-10-14-24(38-2)15-11-22)29(31)16-17-33(28(36)32-29)27-26(35)18-25(19-34)39-27/h3-17,25-27,34-35H,18-19,31H2,1-2H3,(H,32,36)/t25-,26+,27+,29?/m0/s1. The van der Waals surface area contributed by atoms with E-state index in [0.717, 1.165) is 16.7 Å². The van der Waals surface area contributed by atoms with E-state index in [1.165, 1.54) is 4.90 Å². The molecule has 0 radical (unpaired) electrons. The number of ether oxygens (including phenoxy) is 3. The molecule has 1 fully saturated rings. The van der Waals surface area contributed by atoms with Crippen molar-refractivity contribution in [3.05, 3.63) is 108 Å². The minimum Gasteiger partial charge on any atom is -0.497 e. The smallest absolute Gasteiger partial charge is 0.325 e. The lowest BCUT2D eigenvalue weighted by molar-refractivity contribution is -0.0664. The number of aliphatic hydroxyl groups is 2. The second-order valence-corrected chi connectivity index (χ2v) is 9.73. The molecule has 2 aliphatic heterocycles. The number of hydrogen-bond acceptors (Lipinski definition) is 7. The van der Waals surface area contributed by atoms with Crippen LogP contribution < -0.4 is 20.5 Å². The van der Waals surface area contributed by atoms with Gasteiger partial charge in [-0.05, 0) is 47.0 Å². The van der Waals surface area contributed by atoms with Gasteiger partial charge in [0, 0.05) is 12.6 Å². The SMILES string of the molecule is COc1ccc(C(c2ccccc2)(c2ccc(OC)cc2)C2(N)C=CN([C@@H]3O[C@H](CO)C[C@H]3O)C(=O)N2)cc1. The highest BCUT2D eigenvalue weighted by Crippen LogP contribution is 2.48. The maximum Gasteiger partial charge on any atom is 0.325 e. The van der Waals surface area contributed by atoms with Gasteiger partial charge in [0.2, 0.25) is 0 Å². The van der Waals surface area contributed by atoms with Crippen molar-refractivity contribution in [1.29, 1.82) is 0 Å². The van der Waals surface area contributed by atoms with Crippen LogP contribution in [-0.2, 0) is 10.2 Å². The van der Waals surface area contributed by atoms with Gasteiger partial charge < -0.3 is 35.5 Å². The molecule has 3 aromatic carbocycles. The third kappa shape index (κ3) is 4.53. The van der Waals surface area contributed by atoms with Crippen LogP contribution in [0.4, 0.5) is 4.79 Å². The molecule has 2 amide bonds. The number of aliphatic hydroxyl groups excluding tert-OH is 2. The Morgan fingerprint density at radius 3 is 1.97 bits per heavy atom. The molecule has 4 atom stereocenters. The van der Waals surface area contributed by atoms with Crippen LogP contribution in [0.15, 0.2) is 91.1 Å². The summed E-state index contributed by atoms with van der Waals surface area (Å²) in [6.07, 6.45) is 1.03. The van der Waals surface area contributed by atoms with Crippen molar-refractivity contribution in [3.8, 4) is 11.5 Å².